The summed E-state index contributed by atoms with van der Waals surface area (Å²) in [7, 11) is 0. The molecule has 0 atom stereocenters. The van der Waals surface area contributed by atoms with Crippen molar-refractivity contribution < 1.29 is 2.85 Å². The third kappa shape index (κ3) is 10.3. The first-order valence-corrected chi connectivity index (χ1v) is 3.46. The minimum atomic E-state index is 0. The summed E-state index contributed by atoms with van der Waals surface area (Å²) in [6.45, 7) is 0. The summed E-state index contributed by atoms with van der Waals surface area (Å²) in [5.74, 6) is 4.42. The SMILES string of the molecule is [CH3][Al][CH3].[H-].[H-].[Mg+2]. The minimum Gasteiger partial charge on any atom is -1.00 e. The maximum atomic E-state index is 2.21. The molecule has 0 nitrogen and oxygen atoms in total. The van der Waals surface area contributed by atoms with Crippen molar-refractivity contribution in [2.45, 2.75) is 11.6 Å². The second kappa shape index (κ2) is 8.85. The van der Waals surface area contributed by atoms with Gasteiger partial charge < -0.3 is 2.85 Å². The van der Waals surface area contributed by atoms with E-state index in [1.807, 2.05) is 0 Å². The van der Waals surface area contributed by atoms with Crippen LogP contribution in [-0.2, 0) is 0 Å². The Balaban J connectivity index is -0.00000000667. The van der Waals surface area contributed by atoms with Crippen LogP contribution in [0.1, 0.15) is 2.85 Å². The number of hydrogen-bond acceptors (Lipinski definition) is 0. The van der Waals surface area contributed by atoms with Gasteiger partial charge in [-0.05, 0) is 0 Å². The zero-order valence-corrected chi connectivity index (χ0v) is 5.85. The van der Waals surface area contributed by atoms with Gasteiger partial charge in [0, 0.05) is 0 Å². The van der Waals surface area contributed by atoms with Crippen molar-refractivity contribution in [2.75, 3.05) is 0 Å². The molecule has 0 aliphatic carbocycles. The van der Waals surface area contributed by atoms with E-state index in [1.165, 1.54) is 0 Å². The Kier molecular flexibility index (Phi) is 19.9. The molecule has 21 valence electrons. The van der Waals surface area contributed by atoms with Gasteiger partial charge in [0.15, 0.2) is 15.2 Å². The largest absolute Gasteiger partial charge is 2.00 e. The fourth-order valence-electron chi connectivity index (χ4n) is 0. The van der Waals surface area contributed by atoms with Crippen molar-refractivity contribution in [2.24, 2.45) is 0 Å². The van der Waals surface area contributed by atoms with Crippen LogP contribution >= 0.6 is 0 Å². The Morgan fingerprint density at radius 1 is 1.50 bits per heavy atom. The standard InChI is InChI=1S/2CH3.Al.Mg.2H/h2*1H3;;;;/q;;;+2;2*-1. The molecule has 0 saturated carbocycles. The Hall–Kier alpha value is 1.30. The van der Waals surface area contributed by atoms with E-state index >= 15 is 0 Å². The van der Waals surface area contributed by atoms with Crippen LogP contribution in [0, 0.1) is 0 Å². The van der Waals surface area contributed by atoms with Crippen LogP contribution in [0.15, 0.2) is 0 Å². The van der Waals surface area contributed by atoms with Crippen molar-refractivity contribution in [1.82, 2.24) is 0 Å². The average molecular weight is 83.4 g/mol. The summed E-state index contributed by atoms with van der Waals surface area (Å²) in [5.41, 5.74) is 0. The molecule has 0 N–H and O–H groups in total. The molecule has 0 saturated heterocycles. The van der Waals surface area contributed by atoms with E-state index in [0.29, 0.717) is 0 Å². The van der Waals surface area contributed by atoms with Crippen LogP contribution in [0.25, 0.3) is 0 Å². The molecule has 0 aromatic rings. The van der Waals surface area contributed by atoms with Crippen LogP contribution in [0.3, 0.4) is 0 Å². The van der Waals surface area contributed by atoms with E-state index < -0.39 is 0 Å². The molecule has 0 aromatic carbocycles. The molecule has 0 spiro atoms. The van der Waals surface area contributed by atoms with Crippen LogP contribution < -0.4 is 0 Å². The zero-order chi connectivity index (χ0) is 2.71. The molecule has 0 fully saturated rings. The first-order valence-electron chi connectivity index (χ1n) is 1.15. The molecule has 0 bridgehead atoms. The van der Waals surface area contributed by atoms with Crippen LogP contribution in [0.4, 0.5) is 0 Å². The molecule has 0 aromatic heterocycles. The van der Waals surface area contributed by atoms with Gasteiger partial charge in [0.2, 0.25) is 0 Å². The first-order chi connectivity index (χ1) is 1.41. The molecule has 0 aliphatic rings. The normalized spacial score (nSPS) is 3.50. The molecule has 0 unspecified atom stereocenters. The minimum absolute atomic E-state index is 0. The smallest absolute Gasteiger partial charge is 1.00 e. The van der Waals surface area contributed by atoms with Gasteiger partial charge in [-0.25, -0.2) is 0 Å². The van der Waals surface area contributed by atoms with Gasteiger partial charge in [-0.2, -0.15) is 0 Å². The molecule has 2 heteroatoms. The number of hydrogen-bond donors (Lipinski definition) is 0. The van der Waals surface area contributed by atoms with Crippen molar-refractivity contribution in [1.29, 1.82) is 0 Å². The Morgan fingerprint density at radius 3 is 1.50 bits per heavy atom. The van der Waals surface area contributed by atoms with Gasteiger partial charge in [-0.1, -0.05) is 0 Å². The third-order valence-corrected chi connectivity index (χ3v) is 0. The molecule has 0 aliphatic heterocycles. The molecular formula is C2H8AlMg. The molecule has 0 heterocycles. The molecule has 1 radical (unpaired) electrons. The summed E-state index contributed by atoms with van der Waals surface area (Å²) >= 11 is 0.750. The summed E-state index contributed by atoms with van der Waals surface area (Å²) in [6, 6.07) is 0. The van der Waals surface area contributed by atoms with Gasteiger partial charge in [0.05, 0.1) is 0 Å². The predicted molar refractivity (Wildman–Crippen MR) is 25.5 cm³/mol. The van der Waals surface area contributed by atoms with Crippen molar-refractivity contribution in [3.8, 4) is 0 Å². The first kappa shape index (κ1) is 9.00. The second-order valence-corrected chi connectivity index (χ2v) is 1.73. The maximum absolute atomic E-state index is 2.21. The van der Waals surface area contributed by atoms with Gasteiger partial charge in [0.1, 0.15) is 0 Å². The van der Waals surface area contributed by atoms with Gasteiger partial charge in [-0.15, -0.1) is 11.6 Å². The van der Waals surface area contributed by atoms with Crippen molar-refractivity contribution in [3.63, 3.8) is 0 Å². The predicted octanol–water partition coefficient (Wildman–Crippen LogP) is 0.631. The molecule has 0 rings (SSSR count). The van der Waals surface area contributed by atoms with E-state index in [2.05, 4.69) is 11.6 Å². The summed E-state index contributed by atoms with van der Waals surface area (Å²) in [4.78, 5) is 0. The Labute approximate surface area is 52.8 Å². The van der Waals surface area contributed by atoms with E-state index in [9.17, 15) is 0 Å². The third-order valence-electron chi connectivity index (χ3n) is 0. The summed E-state index contributed by atoms with van der Waals surface area (Å²) in [5, 5.41) is 0. The Bertz CT molecular complexity index is 11.5. The zero-order valence-electron chi connectivity index (χ0n) is 5.28. The quantitative estimate of drug-likeness (QED) is 0.377. The fourth-order valence-corrected chi connectivity index (χ4v) is 0. The maximum Gasteiger partial charge on any atom is 2.00 e. The van der Waals surface area contributed by atoms with E-state index in [1.54, 1.807) is 0 Å². The van der Waals surface area contributed by atoms with Crippen molar-refractivity contribution in [3.05, 3.63) is 0 Å². The summed E-state index contributed by atoms with van der Waals surface area (Å²) in [6.07, 6.45) is 0. The fraction of sp³-hybridized carbons (Fsp3) is 1.00. The summed E-state index contributed by atoms with van der Waals surface area (Å²) < 4.78 is 0. The molecule has 4 heavy (non-hydrogen) atoms. The van der Waals surface area contributed by atoms with Crippen molar-refractivity contribution >= 4 is 38.3 Å². The van der Waals surface area contributed by atoms with E-state index in [-0.39, 0.29) is 25.9 Å². The molecular weight excluding hydrogens is 75.3 g/mol. The van der Waals surface area contributed by atoms with Gasteiger partial charge in [0.25, 0.3) is 0 Å². The Morgan fingerprint density at radius 2 is 1.50 bits per heavy atom. The van der Waals surface area contributed by atoms with Crippen LogP contribution in [0.2, 0.25) is 11.6 Å². The topological polar surface area (TPSA) is 0 Å². The number of rotatable bonds is 0. The van der Waals surface area contributed by atoms with Crippen LogP contribution in [0.5, 0.6) is 0 Å². The average Bonchev–Trinajstić information content (AvgIpc) is 0.918. The van der Waals surface area contributed by atoms with Gasteiger partial charge in [-0.3, -0.25) is 0 Å². The second-order valence-electron chi connectivity index (χ2n) is 0.577. The van der Waals surface area contributed by atoms with Crippen LogP contribution in [-0.4, -0.2) is 38.3 Å². The monoisotopic (exact) mass is 83.0 g/mol. The van der Waals surface area contributed by atoms with E-state index in [0.717, 1.165) is 15.2 Å². The van der Waals surface area contributed by atoms with Gasteiger partial charge >= 0.3 is 23.1 Å². The van der Waals surface area contributed by atoms with E-state index in [4.69, 9.17) is 0 Å². The molecule has 0 amide bonds.